The number of nitrogens with one attached hydrogen (secondary N) is 1. The minimum absolute atomic E-state index is 0.148. The number of aromatic nitrogens is 5. The van der Waals surface area contributed by atoms with Gasteiger partial charge in [-0.15, -0.1) is 0 Å². The zero-order chi connectivity index (χ0) is 19.7. The molecule has 1 aliphatic heterocycles. The smallest absolute Gasteiger partial charge is 0.257 e. The summed E-state index contributed by atoms with van der Waals surface area (Å²) in [6.07, 6.45) is 6.85. The van der Waals surface area contributed by atoms with Crippen LogP contribution in [0.15, 0.2) is 41.7 Å². The first-order chi connectivity index (χ1) is 13.5. The zero-order valence-electron chi connectivity index (χ0n) is 15.6. The number of hydrogen-bond acceptors (Lipinski definition) is 7. The average Bonchev–Trinajstić information content (AvgIpc) is 2.73. The highest BCUT2D eigenvalue weighted by molar-refractivity contribution is 5.93. The number of anilines is 1. The fourth-order valence-corrected chi connectivity index (χ4v) is 3.08. The molecule has 0 spiro atoms. The Labute approximate surface area is 161 Å². The molecule has 0 radical (unpaired) electrons. The molecule has 3 aromatic heterocycles. The number of rotatable bonds is 3. The summed E-state index contributed by atoms with van der Waals surface area (Å²) in [7, 11) is 3.61. The normalized spacial score (nSPS) is 13.1. The number of hydrogen-bond donors (Lipinski definition) is 1. The van der Waals surface area contributed by atoms with Crippen molar-refractivity contribution in [1.82, 2.24) is 29.8 Å². The van der Waals surface area contributed by atoms with E-state index in [9.17, 15) is 9.59 Å². The van der Waals surface area contributed by atoms with Gasteiger partial charge in [-0.1, -0.05) is 0 Å². The van der Waals surface area contributed by atoms with E-state index in [4.69, 9.17) is 0 Å². The van der Waals surface area contributed by atoms with Crippen molar-refractivity contribution in [1.29, 1.82) is 0 Å². The molecule has 4 rings (SSSR count). The highest BCUT2D eigenvalue weighted by Gasteiger charge is 2.26. The molecule has 0 saturated carbocycles. The van der Waals surface area contributed by atoms with Crippen LogP contribution in [0.1, 0.15) is 21.6 Å². The molecule has 1 N–H and O–H groups in total. The fourth-order valence-electron chi connectivity index (χ4n) is 3.08. The second-order valence-electron chi connectivity index (χ2n) is 6.72. The summed E-state index contributed by atoms with van der Waals surface area (Å²) in [4.78, 5) is 48.4. The predicted octanol–water partition coefficient (Wildman–Crippen LogP) is 0.886. The maximum Gasteiger partial charge on any atom is 0.257 e. The van der Waals surface area contributed by atoms with Crippen molar-refractivity contribution in [3.63, 3.8) is 0 Å². The summed E-state index contributed by atoms with van der Waals surface area (Å²) in [6, 6.07) is 3.66. The number of H-pyrrole nitrogens is 1. The van der Waals surface area contributed by atoms with Crippen LogP contribution in [-0.2, 0) is 13.0 Å². The minimum atomic E-state index is -0.183. The van der Waals surface area contributed by atoms with E-state index in [1.54, 1.807) is 42.4 Å². The Balaban J connectivity index is 1.56. The molecule has 1 aliphatic rings. The van der Waals surface area contributed by atoms with Crippen molar-refractivity contribution in [3.05, 3.63) is 64.1 Å². The van der Waals surface area contributed by atoms with Gasteiger partial charge in [-0.25, -0.2) is 15.0 Å². The first-order valence-corrected chi connectivity index (χ1v) is 8.84. The highest BCUT2D eigenvalue weighted by Crippen LogP contribution is 2.18. The second kappa shape index (κ2) is 7.18. The van der Waals surface area contributed by atoms with E-state index >= 15 is 0 Å². The summed E-state index contributed by atoms with van der Waals surface area (Å²) in [5.41, 5.74) is 2.30. The van der Waals surface area contributed by atoms with Gasteiger partial charge in [0.2, 0.25) is 5.95 Å². The maximum absolute atomic E-state index is 12.9. The van der Waals surface area contributed by atoms with Gasteiger partial charge in [0, 0.05) is 56.6 Å². The third-order valence-electron chi connectivity index (χ3n) is 4.59. The van der Waals surface area contributed by atoms with E-state index < -0.39 is 0 Å². The van der Waals surface area contributed by atoms with Crippen LogP contribution in [0.25, 0.3) is 11.4 Å². The highest BCUT2D eigenvalue weighted by atomic mass is 16.2. The molecule has 0 atom stereocenters. The van der Waals surface area contributed by atoms with Crippen molar-refractivity contribution < 1.29 is 4.79 Å². The van der Waals surface area contributed by atoms with Gasteiger partial charge in [-0.3, -0.25) is 19.6 Å². The lowest BCUT2D eigenvalue weighted by Gasteiger charge is -2.28. The molecular formula is C19H19N7O2. The molecule has 142 valence electrons. The van der Waals surface area contributed by atoms with Crippen LogP contribution in [0, 0.1) is 0 Å². The molecule has 4 heterocycles. The van der Waals surface area contributed by atoms with Gasteiger partial charge in [-0.05, 0) is 18.6 Å². The molecule has 0 unspecified atom stereocenters. The Bertz CT molecular complexity index is 1060. The molecule has 9 nitrogen and oxygen atoms in total. The molecular weight excluding hydrogens is 358 g/mol. The van der Waals surface area contributed by atoms with Crippen LogP contribution in [-0.4, -0.2) is 56.4 Å². The number of fused-ring (bicyclic) bond motifs is 1. The number of amides is 1. The summed E-state index contributed by atoms with van der Waals surface area (Å²) in [5, 5.41) is 0. The Hall–Kier alpha value is -3.62. The zero-order valence-corrected chi connectivity index (χ0v) is 15.6. The average molecular weight is 377 g/mol. The van der Waals surface area contributed by atoms with E-state index in [1.807, 2.05) is 6.07 Å². The molecule has 9 heteroatoms. The third kappa shape index (κ3) is 3.34. The quantitative estimate of drug-likeness (QED) is 0.722. The van der Waals surface area contributed by atoms with Crippen LogP contribution < -0.4 is 10.5 Å². The lowest BCUT2D eigenvalue weighted by molar-refractivity contribution is 0.0730. The maximum atomic E-state index is 12.9. The van der Waals surface area contributed by atoms with E-state index in [2.05, 4.69) is 24.9 Å². The first-order valence-electron chi connectivity index (χ1n) is 8.84. The van der Waals surface area contributed by atoms with Crippen molar-refractivity contribution >= 4 is 11.9 Å². The molecule has 28 heavy (non-hydrogen) atoms. The van der Waals surface area contributed by atoms with Crippen molar-refractivity contribution in [2.45, 2.75) is 13.0 Å². The van der Waals surface area contributed by atoms with Gasteiger partial charge in [0.25, 0.3) is 11.5 Å². The number of nitrogens with zero attached hydrogens (tertiary/aromatic N) is 6. The Morgan fingerprint density at radius 1 is 1.21 bits per heavy atom. The summed E-state index contributed by atoms with van der Waals surface area (Å²) in [6.45, 7) is 0.728. The van der Waals surface area contributed by atoms with E-state index in [0.717, 1.165) is 5.56 Å². The largest absolute Gasteiger partial charge is 0.348 e. The number of carbonyl (C=O) groups excluding carboxylic acids is 1. The topological polar surface area (TPSA) is 108 Å². The van der Waals surface area contributed by atoms with Gasteiger partial charge in [0.15, 0.2) is 5.82 Å². The van der Waals surface area contributed by atoms with E-state index in [0.29, 0.717) is 41.6 Å². The first kappa shape index (κ1) is 17.8. The van der Waals surface area contributed by atoms with Crippen LogP contribution >= 0.6 is 0 Å². The van der Waals surface area contributed by atoms with Gasteiger partial charge < -0.3 is 9.80 Å². The van der Waals surface area contributed by atoms with Gasteiger partial charge in [0.05, 0.1) is 17.8 Å². The molecule has 3 aromatic rings. The lowest BCUT2D eigenvalue weighted by atomic mass is 10.1. The van der Waals surface area contributed by atoms with Gasteiger partial charge in [-0.2, -0.15) is 0 Å². The van der Waals surface area contributed by atoms with E-state index in [-0.39, 0.29) is 18.0 Å². The third-order valence-corrected chi connectivity index (χ3v) is 4.59. The number of pyridine rings is 1. The molecule has 0 fully saturated rings. The van der Waals surface area contributed by atoms with Gasteiger partial charge in [0.1, 0.15) is 0 Å². The number of carbonyl (C=O) groups is 1. The lowest BCUT2D eigenvalue weighted by Crippen LogP contribution is -2.39. The second-order valence-corrected chi connectivity index (χ2v) is 6.72. The molecule has 0 aliphatic carbocycles. The summed E-state index contributed by atoms with van der Waals surface area (Å²) < 4.78 is 0. The molecule has 1 amide bonds. The Morgan fingerprint density at radius 3 is 2.68 bits per heavy atom. The van der Waals surface area contributed by atoms with Crippen molar-refractivity contribution in [2.24, 2.45) is 0 Å². The Morgan fingerprint density at radius 2 is 2.00 bits per heavy atom. The van der Waals surface area contributed by atoms with Crippen LogP contribution in [0.2, 0.25) is 0 Å². The van der Waals surface area contributed by atoms with Crippen molar-refractivity contribution in [3.8, 4) is 11.4 Å². The van der Waals surface area contributed by atoms with Gasteiger partial charge >= 0.3 is 0 Å². The van der Waals surface area contributed by atoms with E-state index in [1.165, 1.54) is 12.4 Å². The Kier molecular flexibility index (Phi) is 4.56. The molecule has 0 aromatic carbocycles. The van der Waals surface area contributed by atoms with Crippen LogP contribution in [0.4, 0.5) is 5.95 Å². The summed E-state index contributed by atoms with van der Waals surface area (Å²) >= 11 is 0. The summed E-state index contributed by atoms with van der Waals surface area (Å²) in [5.74, 6) is 0.802. The van der Waals surface area contributed by atoms with Crippen LogP contribution in [0.3, 0.4) is 0 Å². The molecule has 0 bridgehead atoms. The van der Waals surface area contributed by atoms with Crippen LogP contribution in [0.5, 0.6) is 0 Å². The minimum Gasteiger partial charge on any atom is -0.348 e. The SMILES string of the molecule is CN(C)c1nc2c(c(=O)[nH]1)CCN(C(=O)c1cnc(-c3cccnc3)nc1)C2. The van der Waals surface area contributed by atoms with Crippen molar-refractivity contribution in [2.75, 3.05) is 25.5 Å². The predicted molar refractivity (Wildman–Crippen MR) is 103 cm³/mol. The fraction of sp³-hybridized carbons (Fsp3) is 0.263. The standard InChI is InChI=1S/C19H19N7O2/c1-25(2)19-23-15-11-26(7-5-14(15)17(27)24-19)18(28)13-9-21-16(22-10-13)12-4-3-6-20-8-12/h3-4,6,8-10H,5,7,11H2,1-2H3,(H,23,24,27). The molecule has 0 saturated heterocycles. The monoisotopic (exact) mass is 377 g/mol. The number of aromatic amines is 1.